The Morgan fingerprint density at radius 1 is 1.03 bits per heavy atom. The van der Waals surface area contributed by atoms with Gasteiger partial charge >= 0.3 is 5.97 Å². The van der Waals surface area contributed by atoms with Crippen molar-refractivity contribution in [1.29, 1.82) is 0 Å². The summed E-state index contributed by atoms with van der Waals surface area (Å²) in [6.07, 6.45) is 2.12. The van der Waals surface area contributed by atoms with Crippen molar-refractivity contribution in [2.24, 2.45) is 5.92 Å². The molecule has 0 radical (unpaired) electrons. The van der Waals surface area contributed by atoms with Crippen LogP contribution in [0.4, 0.5) is 17.1 Å². The molecule has 10 heteroatoms. The van der Waals surface area contributed by atoms with E-state index in [9.17, 15) is 25.0 Å². The largest absolute Gasteiger partial charge is 0.458 e. The lowest BCUT2D eigenvalue weighted by Crippen LogP contribution is -2.35. The molecule has 170 valence electrons. The van der Waals surface area contributed by atoms with Crippen LogP contribution in [0.5, 0.6) is 0 Å². The van der Waals surface area contributed by atoms with Gasteiger partial charge in [0.1, 0.15) is 6.10 Å². The Kier molecular flexibility index (Phi) is 7.34. The van der Waals surface area contributed by atoms with Crippen LogP contribution in [-0.4, -0.2) is 41.3 Å². The maximum atomic E-state index is 12.8. The highest BCUT2D eigenvalue weighted by Gasteiger charge is 2.33. The molecule has 0 unspecified atom stereocenters. The number of nitro benzene ring substituents is 2. The van der Waals surface area contributed by atoms with E-state index >= 15 is 0 Å². The molecule has 1 aliphatic rings. The number of thioether (sulfide) groups is 1. The lowest BCUT2D eigenvalue weighted by atomic mass is 9.88. The molecular weight excluding hydrogens is 434 g/mol. The average Bonchev–Trinajstić information content (AvgIpc) is 2.75. The standard InChI is InChI=1S/C22H25N3O6S/c1-14-4-9-21(32-19-7-5-16(6-8-19)23(2)3)20(10-14)31-22(26)15-11-17(24(27)28)13-18(12-15)25(29)30/h5-8,11-14,20-21H,4,9-10H2,1-3H3/t14-,20+,21+/m0/s1. The van der Waals surface area contributed by atoms with Gasteiger partial charge in [-0.3, -0.25) is 20.2 Å². The number of non-ortho nitro benzene ring substituents is 2. The number of carbonyl (C=O) groups excluding carboxylic acids is 1. The summed E-state index contributed by atoms with van der Waals surface area (Å²) in [5, 5.41) is 22.3. The highest BCUT2D eigenvalue weighted by Crippen LogP contribution is 2.38. The lowest BCUT2D eigenvalue weighted by molar-refractivity contribution is -0.394. The molecule has 0 heterocycles. The van der Waals surface area contributed by atoms with Gasteiger partial charge in [-0.25, -0.2) is 4.79 Å². The Hall–Kier alpha value is -3.14. The number of esters is 1. The summed E-state index contributed by atoms with van der Waals surface area (Å²) < 4.78 is 5.75. The Labute approximate surface area is 190 Å². The summed E-state index contributed by atoms with van der Waals surface area (Å²) in [6, 6.07) is 11.0. The molecule has 0 aromatic heterocycles. The fourth-order valence-electron chi connectivity index (χ4n) is 3.69. The van der Waals surface area contributed by atoms with E-state index < -0.39 is 33.3 Å². The molecule has 0 N–H and O–H groups in total. The first-order valence-electron chi connectivity index (χ1n) is 10.2. The van der Waals surface area contributed by atoms with E-state index in [1.807, 2.05) is 43.3 Å². The van der Waals surface area contributed by atoms with E-state index in [-0.39, 0.29) is 10.8 Å². The second-order valence-electron chi connectivity index (χ2n) is 8.16. The molecule has 9 nitrogen and oxygen atoms in total. The van der Waals surface area contributed by atoms with Crippen LogP contribution in [0.2, 0.25) is 0 Å². The number of ether oxygens (including phenoxy) is 1. The molecule has 0 saturated heterocycles. The molecule has 0 amide bonds. The van der Waals surface area contributed by atoms with Gasteiger partial charge in [-0.15, -0.1) is 11.8 Å². The van der Waals surface area contributed by atoms with Gasteiger partial charge in [0, 0.05) is 42.1 Å². The summed E-state index contributed by atoms with van der Waals surface area (Å²) in [4.78, 5) is 36.6. The average molecular weight is 460 g/mol. The van der Waals surface area contributed by atoms with Crippen LogP contribution in [0.25, 0.3) is 0 Å². The number of carbonyl (C=O) groups is 1. The molecule has 3 rings (SSSR count). The number of hydrogen-bond donors (Lipinski definition) is 0. The van der Waals surface area contributed by atoms with Crippen molar-refractivity contribution in [2.75, 3.05) is 19.0 Å². The van der Waals surface area contributed by atoms with Gasteiger partial charge in [0.25, 0.3) is 11.4 Å². The van der Waals surface area contributed by atoms with Crippen molar-refractivity contribution >= 4 is 34.8 Å². The van der Waals surface area contributed by atoms with E-state index in [4.69, 9.17) is 4.74 Å². The Balaban J connectivity index is 1.79. The summed E-state index contributed by atoms with van der Waals surface area (Å²) >= 11 is 1.64. The first-order valence-corrected chi connectivity index (χ1v) is 11.1. The van der Waals surface area contributed by atoms with Crippen LogP contribution >= 0.6 is 11.8 Å². The number of anilines is 1. The minimum Gasteiger partial charge on any atom is -0.458 e. The van der Waals surface area contributed by atoms with Crippen LogP contribution in [0.1, 0.15) is 36.5 Å². The third-order valence-electron chi connectivity index (χ3n) is 5.45. The van der Waals surface area contributed by atoms with E-state index in [1.165, 1.54) is 0 Å². The van der Waals surface area contributed by atoms with E-state index in [0.717, 1.165) is 41.6 Å². The molecular formula is C22H25N3O6S. The van der Waals surface area contributed by atoms with Crippen molar-refractivity contribution in [3.8, 4) is 0 Å². The van der Waals surface area contributed by atoms with Gasteiger partial charge in [0.05, 0.1) is 21.5 Å². The third kappa shape index (κ3) is 5.76. The van der Waals surface area contributed by atoms with Crippen molar-refractivity contribution in [2.45, 2.75) is 42.4 Å². The monoisotopic (exact) mass is 459 g/mol. The second-order valence-corrected chi connectivity index (χ2v) is 9.47. The third-order valence-corrected chi connectivity index (χ3v) is 6.84. The fraction of sp³-hybridized carbons (Fsp3) is 0.409. The van der Waals surface area contributed by atoms with Crippen molar-refractivity contribution < 1.29 is 19.4 Å². The van der Waals surface area contributed by atoms with Crippen LogP contribution < -0.4 is 4.90 Å². The zero-order chi connectivity index (χ0) is 23.4. The van der Waals surface area contributed by atoms with Crippen LogP contribution in [-0.2, 0) is 4.74 Å². The van der Waals surface area contributed by atoms with Gasteiger partial charge in [0.15, 0.2) is 0 Å². The smallest absolute Gasteiger partial charge is 0.338 e. The number of rotatable bonds is 7. The number of benzene rings is 2. The molecule has 1 fully saturated rings. The fourth-order valence-corrected chi connectivity index (χ4v) is 4.90. The lowest BCUT2D eigenvalue weighted by Gasteiger charge is -2.34. The van der Waals surface area contributed by atoms with Crippen molar-refractivity contribution in [3.63, 3.8) is 0 Å². The molecule has 2 aromatic rings. The first kappa shape index (κ1) is 23.5. The van der Waals surface area contributed by atoms with Crippen LogP contribution in [0.15, 0.2) is 47.4 Å². The summed E-state index contributed by atoms with van der Waals surface area (Å²) in [5.41, 5.74) is -0.143. The Morgan fingerprint density at radius 2 is 1.62 bits per heavy atom. The number of hydrogen-bond acceptors (Lipinski definition) is 8. The Morgan fingerprint density at radius 3 is 2.16 bits per heavy atom. The molecule has 3 atom stereocenters. The molecule has 32 heavy (non-hydrogen) atoms. The Bertz CT molecular complexity index is 979. The zero-order valence-corrected chi connectivity index (χ0v) is 18.9. The highest BCUT2D eigenvalue weighted by molar-refractivity contribution is 8.00. The van der Waals surface area contributed by atoms with Gasteiger partial charge in [-0.1, -0.05) is 6.92 Å². The van der Waals surface area contributed by atoms with Gasteiger partial charge < -0.3 is 9.64 Å². The predicted molar refractivity (Wildman–Crippen MR) is 122 cm³/mol. The maximum Gasteiger partial charge on any atom is 0.338 e. The zero-order valence-electron chi connectivity index (χ0n) is 18.1. The van der Waals surface area contributed by atoms with Crippen LogP contribution in [0, 0.1) is 26.1 Å². The topological polar surface area (TPSA) is 116 Å². The minimum absolute atomic E-state index is 0.0223. The van der Waals surface area contributed by atoms with Gasteiger partial charge in [0.2, 0.25) is 0 Å². The summed E-state index contributed by atoms with van der Waals surface area (Å²) in [7, 11) is 3.94. The van der Waals surface area contributed by atoms with E-state index in [1.54, 1.807) is 11.8 Å². The summed E-state index contributed by atoms with van der Waals surface area (Å²) in [6.45, 7) is 2.09. The summed E-state index contributed by atoms with van der Waals surface area (Å²) in [5.74, 6) is -0.426. The normalized spacial score (nSPS) is 20.4. The van der Waals surface area contributed by atoms with E-state index in [0.29, 0.717) is 12.3 Å². The quantitative estimate of drug-likeness (QED) is 0.320. The van der Waals surface area contributed by atoms with Crippen LogP contribution in [0.3, 0.4) is 0 Å². The number of nitrogens with zero attached hydrogens (tertiary/aromatic N) is 3. The second kappa shape index (κ2) is 9.99. The van der Waals surface area contributed by atoms with Crippen molar-refractivity contribution in [3.05, 3.63) is 68.3 Å². The number of nitro groups is 2. The molecule has 2 aromatic carbocycles. The molecule has 1 aliphatic carbocycles. The van der Waals surface area contributed by atoms with Gasteiger partial charge in [-0.2, -0.15) is 0 Å². The molecule has 0 aliphatic heterocycles. The van der Waals surface area contributed by atoms with E-state index in [2.05, 4.69) is 6.92 Å². The minimum atomic E-state index is -0.788. The van der Waals surface area contributed by atoms with Crippen molar-refractivity contribution in [1.82, 2.24) is 0 Å². The molecule has 1 saturated carbocycles. The van der Waals surface area contributed by atoms with Gasteiger partial charge in [-0.05, 0) is 49.4 Å². The predicted octanol–water partition coefficient (Wildman–Crippen LogP) is 5.08. The maximum absolute atomic E-state index is 12.8. The SMILES string of the molecule is C[C@H]1CC[C@@H](Sc2ccc(N(C)C)cc2)[C@H](OC(=O)c2cc([N+](=O)[O-])cc([N+](=O)[O-])c2)C1. The molecule has 0 bridgehead atoms. The first-order chi connectivity index (χ1) is 15.1. The highest BCUT2D eigenvalue weighted by atomic mass is 32.2. The molecule has 0 spiro atoms.